The summed E-state index contributed by atoms with van der Waals surface area (Å²) in [4.78, 5) is 13.4. The fourth-order valence-electron chi connectivity index (χ4n) is 1.36. The molecule has 3 N–H and O–H groups in total. The van der Waals surface area contributed by atoms with Gasteiger partial charge in [-0.15, -0.1) is 0 Å². The third-order valence-corrected chi connectivity index (χ3v) is 2.40. The lowest BCUT2D eigenvalue weighted by Gasteiger charge is -2.19. The minimum absolute atomic E-state index is 0.118. The molecule has 0 saturated heterocycles. The van der Waals surface area contributed by atoms with Crippen molar-refractivity contribution in [2.45, 2.75) is 6.92 Å². The Bertz CT molecular complexity index is 363. The van der Waals surface area contributed by atoms with E-state index in [1.165, 1.54) is 0 Å². The average molecular weight is 207 g/mol. The van der Waals surface area contributed by atoms with Gasteiger partial charge in [0.25, 0.3) is 5.91 Å². The molecule has 0 heterocycles. The van der Waals surface area contributed by atoms with Crippen LogP contribution >= 0.6 is 0 Å². The van der Waals surface area contributed by atoms with Crippen LogP contribution in [-0.4, -0.2) is 26.5 Å². The summed E-state index contributed by atoms with van der Waals surface area (Å²) < 4.78 is 0. The summed E-state index contributed by atoms with van der Waals surface area (Å²) in [6.45, 7) is 2.93. The Morgan fingerprint density at radius 3 is 2.67 bits per heavy atom. The molecule has 15 heavy (non-hydrogen) atoms. The van der Waals surface area contributed by atoms with Crippen molar-refractivity contribution >= 4 is 17.3 Å². The quantitative estimate of drug-likeness (QED) is 0.729. The highest BCUT2D eigenvalue weighted by atomic mass is 16.1. The number of anilines is 2. The van der Waals surface area contributed by atoms with E-state index in [1.54, 1.807) is 19.2 Å². The van der Waals surface area contributed by atoms with Gasteiger partial charge in [-0.2, -0.15) is 0 Å². The maximum absolute atomic E-state index is 11.3. The van der Waals surface area contributed by atoms with Gasteiger partial charge in [0.1, 0.15) is 0 Å². The van der Waals surface area contributed by atoms with Gasteiger partial charge in [0.05, 0.1) is 11.4 Å². The summed E-state index contributed by atoms with van der Waals surface area (Å²) in [5.74, 6) is -0.118. The van der Waals surface area contributed by atoms with Gasteiger partial charge in [0.15, 0.2) is 0 Å². The maximum atomic E-state index is 11.3. The summed E-state index contributed by atoms with van der Waals surface area (Å²) in [6, 6.07) is 5.33. The molecule has 0 fully saturated rings. The Kier molecular flexibility index (Phi) is 3.55. The predicted octanol–water partition coefficient (Wildman–Crippen LogP) is 1.08. The van der Waals surface area contributed by atoms with Crippen molar-refractivity contribution in [3.05, 3.63) is 23.8 Å². The lowest BCUT2D eigenvalue weighted by Crippen LogP contribution is -2.20. The van der Waals surface area contributed by atoms with Crippen molar-refractivity contribution in [1.29, 1.82) is 0 Å². The van der Waals surface area contributed by atoms with Gasteiger partial charge in [-0.25, -0.2) is 0 Å². The van der Waals surface area contributed by atoms with Crippen LogP contribution in [0, 0.1) is 0 Å². The molecule has 0 aromatic heterocycles. The number of hydrogen-bond donors (Lipinski definition) is 2. The minimum atomic E-state index is -0.118. The second-order valence-electron chi connectivity index (χ2n) is 3.37. The van der Waals surface area contributed by atoms with E-state index in [0.717, 1.165) is 12.2 Å². The molecule has 0 aliphatic heterocycles. The number of benzene rings is 1. The highest BCUT2D eigenvalue weighted by Crippen LogP contribution is 2.22. The van der Waals surface area contributed by atoms with Gasteiger partial charge in [-0.3, -0.25) is 4.79 Å². The zero-order valence-electron chi connectivity index (χ0n) is 9.37. The summed E-state index contributed by atoms with van der Waals surface area (Å²) >= 11 is 0. The zero-order valence-corrected chi connectivity index (χ0v) is 9.37. The van der Waals surface area contributed by atoms with Crippen molar-refractivity contribution in [2.75, 3.05) is 31.3 Å². The largest absolute Gasteiger partial charge is 0.397 e. The summed E-state index contributed by atoms with van der Waals surface area (Å²) in [5, 5.41) is 2.56. The van der Waals surface area contributed by atoms with Crippen LogP contribution in [0.2, 0.25) is 0 Å². The number of carbonyl (C=O) groups is 1. The smallest absolute Gasteiger partial charge is 0.251 e. The highest BCUT2D eigenvalue weighted by molar-refractivity contribution is 5.95. The van der Waals surface area contributed by atoms with Crippen LogP contribution in [0.5, 0.6) is 0 Å². The lowest BCUT2D eigenvalue weighted by atomic mass is 10.1. The van der Waals surface area contributed by atoms with Crippen molar-refractivity contribution < 1.29 is 4.79 Å². The van der Waals surface area contributed by atoms with Crippen LogP contribution in [0.25, 0.3) is 0 Å². The molecule has 1 amide bonds. The molecule has 0 atom stereocenters. The Morgan fingerprint density at radius 2 is 2.20 bits per heavy atom. The Balaban J connectivity index is 3.03. The third kappa shape index (κ3) is 2.40. The van der Waals surface area contributed by atoms with E-state index in [1.807, 2.05) is 24.9 Å². The molecular formula is C11H17N3O. The van der Waals surface area contributed by atoms with Gasteiger partial charge in [0.2, 0.25) is 0 Å². The normalized spacial score (nSPS) is 9.80. The minimum Gasteiger partial charge on any atom is -0.397 e. The first-order valence-electron chi connectivity index (χ1n) is 4.92. The number of hydrogen-bond acceptors (Lipinski definition) is 3. The Labute approximate surface area is 90.1 Å². The second-order valence-corrected chi connectivity index (χ2v) is 3.37. The van der Waals surface area contributed by atoms with E-state index in [2.05, 4.69) is 5.32 Å². The zero-order chi connectivity index (χ0) is 11.4. The van der Waals surface area contributed by atoms with E-state index in [9.17, 15) is 4.79 Å². The summed E-state index contributed by atoms with van der Waals surface area (Å²) in [7, 11) is 3.57. The van der Waals surface area contributed by atoms with Crippen molar-refractivity contribution in [2.24, 2.45) is 0 Å². The highest BCUT2D eigenvalue weighted by Gasteiger charge is 2.08. The fraction of sp³-hybridized carbons (Fsp3) is 0.364. The number of nitrogen functional groups attached to an aromatic ring is 1. The summed E-state index contributed by atoms with van der Waals surface area (Å²) in [6.07, 6.45) is 0. The fourth-order valence-corrected chi connectivity index (χ4v) is 1.36. The topological polar surface area (TPSA) is 58.4 Å². The number of rotatable bonds is 3. The molecule has 1 aromatic carbocycles. The molecule has 0 aliphatic carbocycles. The molecule has 4 heteroatoms. The van der Waals surface area contributed by atoms with Crippen molar-refractivity contribution in [3.8, 4) is 0 Å². The van der Waals surface area contributed by atoms with Crippen LogP contribution < -0.4 is 16.0 Å². The SMILES string of the molecule is CCN(C)c1ccc(C(=O)NC)cc1N. The number of amides is 1. The first kappa shape index (κ1) is 11.4. The number of nitrogens with zero attached hydrogens (tertiary/aromatic N) is 1. The van der Waals surface area contributed by atoms with Gasteiger partial charge < -0.3 is 16.0 Å². The molecule has 0 aliphatic rings. The molecule has 4 nitrogen and oxygen atoms in total. The van der Waals surface area contributed by atoms with Crippen molar-refractivity contribution in [1.82, 2.24) is 5.32 Å². The summed E-state index contributed by atoms with van der Waals surface area (Å²) in [5.41, 5.74) is 8.03. The molecular weight excluding hydrogens is 190 g/mol. The van der Waals surface area contributed by atoms with Crippen LogP contribution in [0.3, 0.4) is 0 Å². The molecule has 0 unspecified atom stereocenters. The van der Waals surface area contributed by atoms with Gasteiger partial charge in [-0.1, -0.05) is 0 Å². The monoisotopic (exact) mass is 207 g/mol. The molecule has 1 rings (SSSR count). The number of nitrogens with two attached hydrogens (primary N) is 1. The van der Waals surface area contributed by atoms with Gasteiger partial charge in [0, 0.05) is 26.2 Å². The molecule has 0 saturated carbocycles. The van der Waals surface area contributed by atoms with E-state index in [0.29, 0.717) is 11.3 Å². The molecule has 0 radical (unpaired) electrons. The molecule has 1 aromatic rings. The van der Waals surface area contributed by atoms with Crippen molar-refractivity contribution in [3.63, 3.8) is 0 Å². The molecule has 0 bridgehead atoms. The van der Waals surface area contributed by atoms with E-state index in [4.69, 9.17) is 5.73 Å². The van der Waals surface area contributed by atoms with E-state index in [-0.39, 0.29) is 5.91 Å². The van der Waals surface area contributed by atoms with Gasteiger partial charge >= 0.3 is 0 Å². The molecule has 0 spiro atoms. The maximum Gasteiger partial charge on any atom is 0.251 e. The number of nitrogens with one attached hydrogen (secondary N) is 1. The Hall–Kier alpha value is -1.71. The predicted molar refractivity (Wildman–Crippen MR) is 63.2 cm³/mol. The van der Waals surface area contributed by atoms with Crippen LogP contribution in [0.15, 0.2) is 18.2 Å². The first-order valence-corrected chi connectivity index (χ1v) is 4.92. The average Bonchev–Trinajstić information content (AvgIpc) is 2.26. The Morgan fingerprint density at radius 1 is 1.53 bits per heavy atom. The number of carbonyl (C=O) groups excluding carboxylic acids is 1. The van der Waals surface area contributed by atoms with E-state index >= 15 is 0 Å². The third-order valence-electron chi connectivity index (χ3n) is 2.40. The van der Waals surface area contributed by atoms with Gasteiger partial charge in [-0.05, 0) is 25.1 Å². The van der Waals surface area contributed by atoms with Crippen LogP contribution in [0.1, 0.15) is 17.3 Å². The lowest BCUT2D eigenvalue weighted by molar-refractivity contribution is 0.0963. The first-order chi connectivity index (χ1) is 7.10. The van der Waals surface area contributed by atoms with E-state index < -0.39 is 0 Å². The second kappa shape index (κ2) is 4.68. The standard InChI is InChI=1S/C11H17N3O/c1-4-14(3)10-6-5-8(7-9(10)12)11(15)13-2/h5-7H,4,12H2,1-3H3,(H,13,15). The molecule has 82 valence electrons. The van der Waals surface area contributed by atoms with Crippen LogP contribution in [-0.2, 0) is 0 Å². The van der Waals surface area contributed by atoms with Crippen LogP contribution in [0.4, 0.5) is 11.4 Å².